The van der Waals surface area contributed by atoms with Gasteiger partial charge in [0.2, 0.25) is 11.8 Å². The van der Waals surface area contributed by atoms with Gasteiger partial charge in [0.05, 0.1) is 18.1 Å². The maximum atomic E-state index is 13.2. The number of alkyl halides is 3. The molecule has 8 nitrogen and oxygen atoms in total. The first kappa shape index (κ1) is 25.7. The molecule has 0 fully saturated rings. The number of carbonyl (C=O) groups excluding carboxylic acids is 3. The number of rotatable bonds is 10. The zero-order chi connectivity index (χ0) is 24.4. The van der Waals surface area contributed by atoms with Gasteiger partial charge in [-0.25, -0.2) is 4.79 Å². The Morgan fingerprint density at radius 2 is 1.67 bits per heavy atom. The van der Waals surface area contributed by atoms with E-state index in [1.807, 2.05) is 6.07 Å². The zero-order valence-electron chi connectivity index (χ0n) is 17.5. The van der Waals surface area contributed by atoms with Gasteiger partial charge >= 0.3 is 12.3 Å². The molecule has 2 aromatic rings. The summed E-state index contributed by atoms with van der Waals surface area (Å²) >= 11 is 0. The van der Waals surface area contributed by atoms with Gasteiger partial charge in [-0.3, -0.25) is 9.59 Å². The standard InChI is InChI=1S/C22H24F3N3O5/c23-22(24,25)17-9-5-4-8-15(17)10-18(20(26)31)28-19(30)11-16(29)12-27-21(32)33-13-14-6-2-1-3-7-14/h1-9,16,18,29H,10-13H2,(H2,26,31)(H,27,32)(H,28,30)/t16-,18+/m0/s1. The van der Waals surface area contributed by atoms with Crippen LogP contribution in [-0.4, -0.2) is 41.7 Å². The number of alkyl carbamates (subject to hydrolysis) is 1. The van der Waals surface area contributed by atoms with Crippen LogP contribution in [0.5, 0.6) is 0 Å². The average molecular weight is 467 g/mol. The quantitative estimate of drug-likeness (QED) is 0.424. The summed E-state index contributed by atoms with van der Waals surface area (Å²) in [5, 5.41) is 14.5. The van der Waals surface area contributed by atoms with Crippen LogP contribution in [0, 0.1) is 0 Å². The summed E-state index contributed by atoms with van der Waals surface area (Å²) in [5.74, 6) is -1.85. The fraction of sp³-hybridized carbons (Fsp3) is 0.318. The van der Waals surface area contributed by atoms with Crippen LogP contribution in [0.25, 0.3) is 0 Å². The zero-order valence-corrected chi connectivity index (χ0v) is 17.5. The molecule has 0 heterocycles. The first-order valence-electron chi connectivity index (χ1n) is 9.92. The maximum absolute atomic E-state index is 13.2. The van der Waals surface area contributed by atoms with E-state index in [-0.39, 0.29) is 18.7 Å². The molecule has 0 aliphatic carbocycles. The van der Waals surface area contributed by atoms with Crippen molar-refractivity contribution in [1.29, 1.82) is 0 Å². The lowest BCUT2D eigenvalue weighted by Gasteiger charge is -2.19. The highest BCUT2D eigenvalue weighted by atomic mass is 19.4. The molecule has 0 saturated carbocycles. The Kier molecular flexibility index (Phi) is 9.22. The number of hydrogen-bond donors (Lipinski definition) is 4. The molecule has 3 amide bonds. The van der Waals surface area contributed by atoms with Gasteiger partial charge in [0.15, 0.2) is 0 Å². The van der Waals surface area contributed by atoms with Crippen LogP contribution in [0.1, 0.15) is 23.1 Å². The fourth-order valence-electron chi connectivity index (χ4n) is 2.93. The van der Waals surface area contributed by atoms with Crippen molar-refractivity contribution in [2.24, 2.45) is 5.73 Å². The maximum Gasteiger partial charge on any atom is 0.416 e. The second kappa shape index (κ2) is 11.9. The first-order valence-corrected chi connectivity index (χ1v) is 9.92. The molecule has 2 rings (SSSR count). The van der Waals surface area contributed by atoms with Gasteiger partial charge in [-0.15, -0.1) is 0 Å². The van der Waals surface area contributed by atoms with Crippen LogP contribution in [0.3, 0.4) is 0 Å². The molecule has 33 heavy (non-hydrogen) atoms. The third-order valence-corrected chi connectivity index (χ3v) is 4.54. The highest BCUT2D eigenvalue weighted by Gasteiger charge is 2.34. The van der Waals surface area contributed by atoms with E-state index in [1.165, 1.54) is 18.2 Å². The third kappa shape index (κ3) is 8.81. The predicted octanol–water partition coefficient (Wildman–Crippen LogP) is 1.90. The SMILES string of the molecule is NC(=O)[C@@H](Cc1ccccc1C(F)(F)F)NC(=O)C[C@H](O)CNC(=O)OCc1ccccc1. The molecule has 0 aliphatic rings. The number of carbonyl (C=O) groups is 3. The van der Waals surface area contributed by atoms with Gasteiger partial charge in [0, 0.05) is 13.0 Å². The number of hydrogen-bond acceptors (Lipinski definition) is 5. The van der Waals surface area contributed by atoms with Gasteiger partial charge in [-0.1, -0.05) is 48.5 Å². The molecule has 2 aromatic carbocycles. The number of amides is 3. The predicted molar refractivity (Wildman–Crippen MR) is 112 cm³/mol. The van der Waals surface area contributed by atoms with Crippen molar-refractivity contribution >= 4 is 17.9 Å². The lowest BCUT2D eigenvalue weighted by molar-refractivity contribution is -0.138. The Morgan fingerprint density at radius 1 is 1.03 bits per heavy atom. The second-order valence-corrected chi connectivity index (χ2v) is 7.18. The van der Waals surface area contributed by atoms with Crippen molar-refractivity contribution in [3.63, 3.8) is 0 Å². The Hall–Kier alpha value is -3.60. The fourth-order valence-corrected chi connectivity index (χ4v) is 2.93. The Bertz CT molecular complexity index is 954. The number of aliphatic hydroxyl groups is 1. The van der Waals surface area contributed by atoms with Crippen LogP contribution in [0.2, 0.25) is 0 Å². The van der Waals surface area contributed by atoms with Crippen molar-refractivity contribution in [3.05, 3.63) is 71.3 Å². The summed E-state index contributed by atoms with van der Waals surface area (Å²) in [6.45, 7) is -0.303. The summed E-state index contributed by atoms with van der Waals surface area (Å²) in [5.41, 5.74) is 4.84. The largest absolute Gasteiger partial charge is 0.445 e. The Labute approximate surface area is 187 Å². The molecular weight excluding hydrogens is 443 g/mol. The number of nitrogens with two attached hydrogens (primary N) is 1. The highest BCUT2D eigenvalue weighted by Crippen LogP contribution is 2.32. The molecular formula is C22H24F3N3O5. The van der Waals surface area contributed by atoms with Gasteiger partial charge in [-0.2, -0.15) is 13.2 Å². The summed E-state index contributed by atoms with van der Waals surface area (Å²) in [4.78, 5) is 35.5. The van der Waals surface area contributed by atoms with Gasteiger partial charge < -0.3 is 26.2 Å². The highest BCUT2D eigenvalue weighted by molar-refractivity contribution is 5.87. The molecule has 0 aromatic heterocycles. The summed E-state index contributed by atoms with van der Waals surface area (Å²) in [6, 6.07) is 12.1. The normalized spacial score (nSPS) is 13.0. The lowest BCUT2D eigenvalue weighted by Crippen LogP contribution is -2.47. The first-order chi connectivity index (χ1) is 15.6. The van der Waals surface area contributed by atoms with E-state index in [1.54, 1.807) is 24.3 Å². The molecule has 5 N–H and O–H groups in total. The van der Waals surface area contributed by atoms with E-state index in [0.717, 1.165) is 11.6 Å². The molecule has 11 heteroatoms. The minimum absolute atomic E-state index is 0.0168. The van der Waals surface area contributed by atoms with E-state index in [9.17, 15) is 32.7 Å². The molecule has 0 unspecified atom stereocenters. The van der Waals surface area contributed by atoms with Gasteiger partial charge in [0.25, 0.3) is 0 Å². The van der Waals surface area contributed by atoms with Crippen LogP contribution < -0.4 is 16.4 Å². The summed E-state index contributed by atoms with van der Waals surface area (Å²) in [7, 11) is 0. The van der Waals surface area contributed by atoms with Crippen molar-refractivity contribution < 1.29 is 37.4 Å². The van der Waals surface area contributed by atoms with E-state index >= 15 is 0 Å². The second-order valence-electron chi connectivity index (χ2n) is 7.18. The van der Waals surface area contributed by atoms with Crippen LogP contribution >= 0.6 is 0 Å². The monoisotopic (exact) mass is 467 g/mol. The molecule has 0 spiro atoms. The molecule has 0 saturated heterocycles. The molecule has 0 aliphatic heterocycles. The average Bonchev–Trinajstić information content (AvgIpc) is 2.76. The van der Waals surface area contributed by atoms with Crippen molar-refractivity contribution in [2.75, 3.05) is 6.54 Å². The molecule has 0 radical (unpaired) electrons. The number of ether oxygens (including phenoxy) is 1. The van der Waals surface area contributed by atoms with Crippen LogP contribution in [0.4, 0.5) is 18.0 Å². The van der Waals surface area contributed by atoms with Crippen molar-refractivity contribution in [3.8, 4) is 0 Å². The van der Waals surface area contributed by atoms with E-state index in [2.05, 4.69) is 10.6 Å². The Balaban J connectivity index is 1.83. The molecule has 178 valence electrons. The van der Waals surface area contributed by atoms with E-state index in [0.29, 0.717) is 0 Å². The lowest BCUT2D eigenvalue weighted by atomic mass is 9.99. The number of benzene rings is 2. The van der Waals surface area contributed by atoms with E-state index < -0.39 is 54.6 Å². The summed E-state index contributed by atoms with van der Waals surface area (Å²) < 4.78 is 44.4. The van der Waals surface area contributed by atoms with Crippen LogP contribution in [-0.2, 0) is 33.5 Å². The molecule has 2 atom stereocenters. The van der Waals surface area contributed by atoms with Gasteiger partial charge in [-0.05, 0) is 17.2 Å². The molecule has 0 bridgehead atoms. The number of primary amides is 1. The van der Waals surface area contributed by atoms with Gasteiger partial charge in [0.1, 0.15) is 12.6 Å². The number of halogens is 3. The van der Waals surface area contributed by atoms with Crippen molar-refractivity contribution in [1.82, 2.24) is 10.6 Å². The third-order valence-electron chi connectivity index (χ3n) is 4.54. The number of nitrogens with one attached hydrogen (secondary N) is 2. The minimum atomic E-state index is -4.64. The van der Waals surface area contributed by atoms with Crippen molar-refractivity contribution in [2.45, 2.75) is 37.8 Å². The van der Waals surface area contributed by atoms with E-state index in [4.69, 9.17) is 10.5 Å². The Morgan fingerprint density at radius 3 is 2.30 bits per heavy atom. The topological polar surface area (TPSA) is 131 Å². The number of aliphatic hydroxyl groups excluding tert-OH is 1. The smallest absolute Gasteiger partial charge is 0.416 e. The minimum Gasteiger partial charge on any atom is -0.445 e. The van der Waals surface area contributed by atoms with Crippen LogP contribution in [0.15, 0.2) is 54.6 Å². The summed E-state index contributed by atoms with van der Waals surface area (Å²) in [6.07, 6.45) is -7.78.